The topological polar surface area (TPSA) is 56.1 Å². The van der Waals surface area contributed by atoms with Crippen LogP contribution in [0.4, 0.5) is 5.82 Å². The number of rotatable bonds is 3. The van der Waals surface area contributed by atoms with E-state index in [0.717, 1.165) is 12.2 Å². The molecule has 0 fully saturated rings. The first-order valence-electron chi connectivity index (χ1n) is 6.24. The summed E-state index contributed by atoms with van der Waals surface area (Å²) in [7, 11) is 1.71. The molecule has 0 radical (unpaired) electrons. The van der Waals surface area contributed by atoms with Crippen LogP contribution in [0.1, 0.15) is 5.56 Å². The van der Waals surface area contributed by atoms with Gasteiger partial charge in [-0.05, 0) is 11.6 Å². The summed E-state index contributed by atoms with van der Waals surface area (Å²) in [4.78, 5) is 15.8. The zero-order chi connectivity index (χ0) is 13.2. The lowest BCUT2D eigenvalue weighted by molar-refractivity contribution is 0.246. The summed E-state index contributed by atoms with van der Waals surface area (Å²) >= 11 is 0. The Kier molecular flexibility index (Phi) is 2.95. The van der Waals surface area contributed by atoms with Gasteiger partial charge in [-0.1, -0.05) is 18.2 Å². The lowest BCUT2D eigenvalue weighted by Crippen LogP contribution is -2.29. The molecule has 5 heteroatoms. The van der Waals surface area contributed by atoms with Gasteiger partial charge in [0.1, 0.15) is 11.9 Å². The molecule has 19 heavy (non-hydrogen) atoms. The van der Waals surface area contributed by atoms with Crippen LogP contribution < -0.4 is 15.6 Å². The SMILES string of the molecule is Cn1ccnc(NCC2Cc3ccccc3O2)c1=O. The molecule has 2 heterocycles. The van der Waals surface area contributed by atoms with E-state index in [9.17, 15) is 4.79 Å². The van der Waals surface area contributed by atoms with Crippen molar-refractivity contribution in [2.24, 2.45) is 7.05 Å². The van der Waals surface area contributed by atoms with E-state index in [1.165, 1.54) is 10.1 Å². The van der Waals surface area contributed by atoms with Crippen molar-refractivity contribution < 1.29 is 4.74 Å². The molecule has 3 rings (SSSR count). The molecule has 1 aromatic heterocycles. The van der Waals surface area contributed by atoms with Crippen LogP contribution in [0, 0.1) is 0 Å². The minimum Gasteiger partial charge on any atom is -0.488 e. The van der Waals surface area contributed by atoms with E-state index in [4.69, 9.17) is 4.74 Å². The average Bonchev–Trinajstić information content (AvgIpc) is 2.83. The first kappa shape index (κ1) is 11.8. The maximum absolute atomic E-state index is 11.8. The number of nitrogens with one attached hydrogen (secondary N) is 1. The number of aromatic nitrogens is 2. The van der Waals surface area contributed by atoms with Crippen molar-refractivity contribution in [3.05, 3.63) is 52.6 Å². The Morgan fingerprint density at radius 2 is 2.32 bits per heavy atom. The molecule has 5 nitrogen and oxygen atoms in total. The molecule has 1 N–H and O–H groups in total. The fourth-order valence-electron chi connectivity index (χ4n) is 2.20. The molecule has 1 unspecified atom stereocenters. The van der Waals surface area contributed by atoms with Gasteiger partial charge in [0, 0.05) is 25.9 Å². The molecule has 0 amide bonds. The van der Waals surface area contributed by atoms with Crippen LogP contribution in [0.2, 0.25) is 0 Å². The van der Waals surface area contributed by atoms with E-state index in [-0.39, 0.29) is 11.7 Å². The number of aryl methyl sites for hydroxylation is 1. The van der Waals surface area contributed by atoms with Crippen molar-refractivity contribution in [3.8, 4) is 5.75 Å². The average molecular weight is 257 g/mol. The summed E-state index contributed by atoms with van der Waals surface area (Å²) in [6.07, 6.45) is 4.14. The second-order valence-corrected chi connectivity index (χ2v) is 4.62. The zero-order valence-corrected chi connectivity index (χ0v) is 10.7. The Labute approximate surface area is 110 Å². The van der Waals surface area contributed by atoms with Crippen LogP contribution in [0.3, 0.4) is 0 Å². The Balaban J connectivity index is 1.66. The third kappa shape index (κ3) is 2.31. The molecule has 0 spiro atoms. The highest BCUT2D eigenvalue weighted by Gasteiger charge is 2.22. The van der Waals surface area contributed by atoms with Crippen LogP contribution in [0.5, 0.6) is 5.75 Å². The van der Waals surface area contributed by atoms with Crippen molar-refractivity contribution in [1.82, 2.24) is 9.55 Å². The van der Waals surface area contributed by atoms with Crippen LogP contribution >= 0.6 is 0 Å². The van der Waals surface area contributed by atoms with E-state index in [1.807, 2.05) is 18.2 Å². The summed E-state index contributed by atoms with van der Waals surface area (Å²) in [5, 5.41) is 3.06. The van der Waals surface area contributed by atoms with Gasteiger partial charge < -0.3 is 14.6 Å². The number of para-hydroxylation sites is 1. The Bertz CT molecular complexity index is 626. The fourth-order valence-corrected chi connectivity index (χ4v) is 2.20. The van der Waals surface area contributed by atoms with E-state index in [0.29, 0.717) is 12.4 Å². The highest BCUT2D eigenvalue weighted by Crippen LogP contribution is 2.27. The molecule has 1 aromatic carbocycles. The molecular formula is C14H15N3O2. The summed E-state index contributed by atoms with van der Waals surface area (Å²) in [5.74, 6) is 1.30. The van der Waals surface area contributed by atoms with Crippen LogP contribution in [-0.2, 0) is 13.5 Å². The van der Waals surface area contributed by atoms with E-state index < -0.39 is 0 Å². The van der Waals surface area contributed by atoms with E-state index in [2.05, 4.69) is 16.4 Å². The normalized spacial score (nSPS) is 16.8. The van der Waals surface area contributed by atoms with Crippen molar-refractivity contribution in [2.45, 2.75) is 12.5 Å². The number of nitrogens with zero attached hydrogens (tertiary/aromatic N) is 2. The third-order valence-corrected chi connectivity index (χ3v) is 3.23. The second kappa shape index (κ2) is 4.76. The lowest BCUT2D eigenvalue weighted by atomic mass is 10.1. The molecule has 1 aliphatic rings. The van der Waals surface area contributed by atoms with Gasteiger partial charge in [-0.25, -0.2) is 4.98 Å². The maximum Gasteiger partial charge on any atom is 0.293 e. The Morgan fingerprint density at radius 1 is 1.47 bits per heavy atom. The molecule has 0 saturated carbocycles. The Hall–Kier alpha value is -2.30. The molecule has 0 bridgehead atoms. The largest absolute Gasteiger partial charge is 0.488 e. The molecule has 0 aliphatic carbocycles. The summed E-state index contributed by atoms with van der Waals surface area (Å²) in [6, 6.07) is 8.00. The predicted octanol–water partition coefficient (Wildman–Crippen LogP) is 1.20. The summed E-state index contributed by atoms with van der Waals surface area (Å²) in [6.45, 7) is 0.570. The van der Waals surface area contributed by atoms with Gasteiger partial charge in [0.05, 0.1) is 6.54 Å². The highest BCUT2D eigenvalue weighted by atomic mass is 16.5. The second-order valence-electron chi connectivity index (χ2n) is 4.62. The number of ether oxygens (including phenoxy) is 1. The number of hydrogen-bond donors (Lipinski definition) is 1. The molecule has 2 aromatic rings. The minimum atomic E-state index is -0.127. The molecule has 0 saturated heterocycles. The monoisotopic (exact) mass is 257 g/mol. The van der Waals surface area contributed by atoms with Gasteiger partial charge >= 0.3 is 0 Å². The number of fused-ring (bicyclic) bond motifs is 1. The van der Waals surface area contributed by atoms with Crippen LogP contribution in [0.15, 0.2) is 41.5 Å². The van der Waals surface area contributed by atoms with Crippen LogP contribution in [-0.4, -0.2) is 22.2 Å². The summed E-state index contributed by atoms with van der Waals surface area (Å²) in [5.41, 5.74) is 1.08. The maximum atomic E-state index is 11.8. The molecule has 98 valence electrons. The van der Waals surface area contributed by atoms with Gasteiger partial charge in [0.2, 0.25) is 0 Å². The number of benzene rings is 1. The highest BCUT2D eigenvalue weighted by molar-refractivity contribution is 5.38. The minimum absolute atomic E-state index is 0.0455. The van der Waals surface area contributed by atoms with Crippen molar-refractivity contribution in [3.63, 3.8) is 0 Å². The van der Waals surface area contributed by atoms with Crippen molar-refractivity contribution in [2.75, 3.05) is 11.9 Å². The van der Waals surface area contributed by atoms with Gasteiger partial charge in [0.25, 0.3) is 5.56 Å². The van der Waals surface area contributed by atoms with Gasteiger partial charge in [-0.2, -0.15) is 0 Å². The summed E-state index contributed by atoms with van der Waals surface area (Å²) < 4.78 is 7.30. The predicted molar refractivity (Wildman–Crippen MR) is 72.5 cm³/mol. The fraction of sp³-hybridized carbons (Fsp3) is 0.286. The van der Waals surface area contributed by atoms with Crippen molar-refractivity contribution in [1.29, 1.82) is 0 Å². The third-order valence-electron chi connectivity index (χ3n) is 3.23. The van der Waals surface area contributed by atoms with Gasteiger partial charge in [0.15, 0.2) is 5.82 Å². The quantitative estimate of drug-likeness (QED) is 0.897. The zero-order valence-electron chi connectivity index (χ0n) is 10.7. The van der Waals surface area contributed by atoms with Crippen molar-refractivity contribution >= 4 is 5.82 Å². The molecule has 1 atom stereocenters. The van der Waals surface area contributed by atoms with Gasteiger partial charge in [-0.3, -0.25) is 4.79 Å². The van der Waals surface area contributed by atoms with E-state index >= 15 is 0 Å². The number of hydrogen-bond acceptors (Lipinski definition) is 4. The van der Waals surface area contributed by atoms with E-state index in [1.54, 1.807) is 19.4 Å². The lowest BCUT2D eigenvalue weighted by Gasteiger charge is -2.12. The smallest absolute Gasteiger partial charge is 0.293 e. The first-order chi connectivity index (χ1) is 9.24. The number of anilines is 1. The molecule has 1 aliphatic heterocycles. The van der Waals surface area contributed by atoms with Crippen LogP contribution in [0.25, 0.3) is 0 Å². The van der Waals surface area contributed by atoms with Gasteiger partial charge in [-0.15, -0.1) is 0 Å². The molecular weight excluding hydrogens is 242 g/mol. The Morgan fingerprint density at radius 3 is 3.16 bits per heavy atom. The standard InChI is InChI=1S/C14H15N3O2/c1-17-7-6-15-13(14(17)18)16-9-11-8-10-4-2-3-5-12(10)19-11/h2-7,11H,8-9H2,1H3,(H,15,16). The first-order valence-corrected chi connectivity index (χ1v) is 6.24.